The second-order valence-electron chi connectivity index (χ2n) is 4.88. The van der Waals surface area contributed by atoms with Gasteiger partial charge in [0.1, 0.15) is 10.7 Å². The molecule has 1 aliphatic rings. The van der Waals surface area contributed by atoms with Gasteiger partial charge in [0, 0.05) is 0 Å². The number of benzene rings is 1. The van der Waals surface area contributed by atoms with E-state index in [0.29, 0.717) is 6.42 Å². The predicted octanol–water partition coefficient (Wildman–Crippen LogP) is 1.87. The minimum absolute atomic E-state index is 0.00889. The van der Waals surface area contributed by atoms with E-state index in [1.165, 1.54) is 0 Å². The Bertz CT molecular complexity index is 626. The largest absolute Gasteiger partial charge is 0.478 e. The molecular formula is C13H15FO5S. The first kappa shape index (κ1) is 14.9. The highest BCUT2D eigenvalue weighted by atomic mass is 32.2. The maximum atomic E-state index is 13.7. The molecule has 5 nitrogen and oxygen atoms in total. The van der Waals surface area contributed by atoms with Gasteiger partial charge in [0.2, 0.25) is 0 Å². The Hall–Kier alpha value is -1.47. The molecule has 0 amide bonds. The summed E-state index contributed by atoms with van der Waals surface area (Å²) < 4.78 is 43.4. The van der Waals surface area contributed by atoms with Crippen molar-refractivity contribution in [2.24, 2.45) is 0 Å². The molecule has 2 unspecified atom stereocenters. The molecule has 0 aromatic heterocycles. The quantitative estimate of drug-likeness (QED) is 0.918. The van der Waals surface area contributed by atoms with Gasteiger partial charge >= 0.3 is 5.97 Å². The van der Waals surface area contributed by atoms with Crippen LogP contribution in [-0.2, 0) is 14.6 Å². The third kappa shape index (κ3) is 3.16. The lowest BCUT2D eigenvalue weighted by molar-refractivity contribution is 0.0688. The summed E-state index contributed by atoms with van der Waals surface area (Å²) in [5, 5.41) is 8.84. The molecule has 2 rings (SSSR count). The molecule has 7 heteroatoms. The molecule has 1 heterocycles. The Kier molecular flexibility index (Phi) is 4.10. The van der Waals surface area contributed by atoms with Crippen LogP contribution in [0.4, 0.5) is 4.39 Å². The third-order valence-electron chi connectivity index (χ3n) is 3.24. The summed E-state index contributed by atoms with van der Waals surface area (Å²) in [7, 11) is -3.92. The van der Waals surface area contributed by atoms with Crippen LogP contribution in [0.2, 0.25) is 0 Å². The fourth-order valence-electron chi connectivity index (χ4n) is 2.22. The molecule has 0 saturated carbocycles. The van der Waals surface area contributed by atoms with Crippen molar-refractivity contribution in [2.75, 3.05) is 5.75 Å². The summed E-state index contributed by atoms with van der Waals surface area (Å²) in [6.07, 6.45) is 0.881. The van der Waals surface area contributed by atoms with Crippen LogP contribution in [0.1, 0.15) is 30.1 Å². The van der Waals surface area contributed by atoms with Crippen LogP contribution >= 0.6 is 0 Å². The summed E-state index contributed by atoms with van der Waals surface area (Å²) >= 11 is 0. The van der Waals surface area contributed by atoms with Gasteiger partial charge < -0.3 is 9.84 Å². The lowest BCUT2D eigenvalue weighted by Gasteiger charge is -2.12. The second-order valence-corrected chi connectivity index (χ2v) is 6.88. The number of rotatable bonds is 4. The minimum Gasteiger partial charge on any atom is -0.478 e. The van der Waals surface area contributed by atoms with E-state index in [0.717, 1.165) is 24.6 Å². The molecule has 1 fully saturated rings. The maximum absolute atomic E-state index is 13.7. The zero-order valence-electron chi connectivity index (χ0n) is 10.9. The molecule has 0 radical (unpaired) electrons. The van der Waals surface area contributed by atoms with Crippen molar-refractivity contribution in [3.63, 3.8) is 0 Å². The van der Waals surface area contributed by atoms with E-state index in [1.807, 2.05) is 6.92 Å². The van der Waals surface area contributed by atoms with Crippen molar-refractivity contribution in [3.8, 4) is 0 Å². The zero-order chi connectivity index (χ0) is 14.9. The Labute approximate surface area is 116 Å². The van der Waals surface area contributed by atoms with Crippen LogP contribution in [0.25, 0.3) is 0 Å². The van der Waals surface area contributed by atoms with Gasteiger partial charge in [-0.1, -0.05) is 0 Å². The van der Waals surface area contributed by atoms with E-state index >= 15 is 0 Å². The number of sulfone groups is 1. The second kappa shape index (κ2) is 5.49. The SMILES string of the molecule is CC1CCC(CS(=O)(=O)c2cc(C(=O)O)ccc2F)O1. The number of carboxylic acids is 1. The third-order valence-corrected chi connectivity index (χ3v) is 5.03. The first-order valence-corrected chi connectivity index (χ1v) is 7.86. The molecule has 1 N–H and O–H groups in total. The number of aromatic carboxylic acids is 1. The number of hydrogen-bond acceptors (Lipinski definition) is 4. The molecule has 110 valence electrons. The van der Waals surface area contributed by atoms with Gasteiger partial charge in [-0.3, -0.25) is 0 Å². The van der Waals surface area contributed by atoms with Crippen LogP contribution in [0.3, 0.4) is 0 Å². The van der Waals surface area contributed by atoms with Gasteiger partial charge in [-0.25, -0.2) is 17.6 Å². The van der Waals surface area contributed by atoms with Crippen LogP contribution in [-0.4, -0.2) is 37.5 Å². The van der Waals surface area contributed by atoms with Gasteiger partial charge in [-0.15, -0.1) is 0 Å². The van der Waals surface area contributed by atoms with E-state index in [-0.39, 0.29) is 17.4 Å². The molecule has 1 saturated heterocycles. The summed E-state index contributed by atoms with van der Waals surface area (Å²) in [4.78, 5) is 10.3. The Morgan fingerprint density at radius 3 is 2.70 bits per heavy atom. The molecule has 2 atom stereocenters. The van der Waals surface area contributed by atoms with Crippen molar-refractivity contribution in [2.45, 2.75) is 36.9 Å². The van der Waals surface area contributed by atoms with Gasteiger partial charge in [0.15, 0.2) is 9.84 Å². The number of carboxylic acid groups (broad SMARTS) is 1. The average Bonchev–Trinajstić information content (AvgIpc) is 2.73. The highest BCUT2D eigenvalue weighted by molar-refractivity contribution is 7.91. The topological polar surface area (TPSA) is 80.7 Å². The van der Waals surface area contributed by atoms with Gasteiger partial charge in [-0.05, 0) is 38.0 Å². The average molecular weight is 302 g/mol. The highest BCUT2D eigenvalue weighted by Gasteiger charge is 2.30. The smallest absolute Gasteiger partial charge is 0.335 e. The van der Waals surface area contributed by atoms with Gasteiger partial charge in [0.25, 0.3) is 0 Å². The number of hydrogen-bond donors (Lipinski definition) is 1. The van der Waals surface area contributed by atoms with Gasteiger partial charge in [-0.2, -0.15) is 0 Å². The van der Waals surface area contributed by atoms with Crippen LogP contribution in [0, 0.1) is 5.82 Å². The molecule has 1 aliphatic heterocycles. The summed E-state index contributed by atoms with van der Waals surface area (Å²) in [5.74, 6) is -2.58. The first-order valence-electron chi connectivity index (χ1n) is 6.20. The zero-order valence-corrected chi connectivity index (χ0v) is 11.7. The van der Waals surface area contributed by atoms with Crippen LogP contribution < -0.4 is 0 Å². The van der Waals surface area contributed by atoms with Crippen LogP contribution in [0.15, 0.2) is 23.1 Å². The highest BCUT2D eigenvalue weighted by Crippen LogP contribution is 2.25. The molecule has 1 aromatic carbocycles. The standard InChI is InChI=1S/C13H15FO5S/c1-8-2-4-10(19-8)7-20(17,18)12-6-9(13(15)16)3-5-11(12)14/h3,5-6,8,10H,2,4,7H2,1H3,(H,15,16). The lowest BCUT2D eigenvalue weighted by atomic mass is 10.2. The fourth-order valence-corrected chi connectivity index (χ4v) is 3.80. The minimum atomic E-state index is -3.92. The van der Waals surface area contributed by atoms with E-state index < -0.39 is 32.6 Å². The monoisotopic (exact) mass is 302 g/mol. The van der Waals surface area contributed by atoms with E-state index in [1.54, 1.807) is 0 Å². The summed E-state index contributed by atoms with van der Waals surface area (Å²) in [6, 6.07) is 2.74. The summed E-state index contributed by atoms with van der Waals surface area (Å²) in [6.45, 7) is 1.85. The Morgan fingerprint density at radius 1 is 1.45 bits per heavy atom. The lowest BCUT2D eigenvalue weighted by Crippen LogP contribution is -2.22. The molecule has 1 aromatic rings. The van der Waals surface area contributed by atoms with E-state index in [2.05, 4.69) is 0 Å². The Morgan fingerprint density at radius 2 is 2.15 bits per heavy atom. The van der Waals surface area contributed by atoms with Crippen molar-refractivity contribution in [3.05, 3.63) is 29.6 Å². The molecular weight excluding hydrogens is 287 g/mol. The molecule has 0 aliphatic carbocycles. The summed E-state index contributed by atoms with van der Waals surface area (Å²) in [5.41, 5.74) is -0.259. The van der Waals surface area contributed by atoms with E-state index in [9.17, 15) is 17.6 Å². The molecule has 0 bridgehead atoms. The normalized spacial score (nSPS) is 22.9. The Balaban J connectivity index is 2.29. The van der Waals surface area contributed by atoms with Crippen molar-refractivity contribution >= 4 is 15.8 Å². The number of ether oxygens (including phenoxy) is 1. The predicted molar refractivity (Wildman–Crippen MR) is 69.0 cm³/mol. The molecule has 20 heavy (non-hydrogen) atoms. The van der Waals surface area contributed by atoms with Crippen LogP contribution in [0.5, 0.6) is 0 Å². The fraction of sp³-hybridized carbons (Fsp3) is 0.462. The van der Waals surface area contributed by atoms with Crippen molar-refractivity contribution in [1.82, 2.24) is 0 Å². The number of halogens is 1. The van der Waals surface area contributed by atoms with E-state index in [4.69, 9.17) is 9.84 Å². The maximum Gasteiger partial charge on any atom is 0.335 e. The number of carbonyl (C=O) groups is 1. The van der Waals surface area contributed by atoms with Crippen molar-refractivity contribution < 1.29 is 27.4 Å². The molecule has 0 spiro atoms. The van der Waals surface area contributed by atoms with Gasteiger partial charge in [0.05, 0.1) is 23.5 Å². The first-order chi connectivity index (χ1) is 9.29. The van der Waals surface area contributed by atoms with Crippen molar-refractivity contribution in [1.29, 1.82) is 0 Å².